The molecule has 0 aromatic carbocycles. The number of alkyl halides is 1. The summed E-state index contributed by atoms with van der Waals surface area (Å²) in [5, 5.41) is 0.331. The maximum Gasteiger partial charge on any atom is 0.237 e. The number of furan rings is 1. The number of carbonyl (C=O) groups is 1. The molecule has 1 rings (SSSR count). The summed E-state index contributed by atoms with van der Waals surface area (Å²) < 4.78 is 5.22. The summed E-state index contributed by atoms with van der Waals surface area (Å²) in [6, 6.07) is 3.42. The highest BCUT2D eigenvalue weighted by Gasteiger charge is 2.15. The first-order valence-corrected chi connectivity index (χ1v) is 6.02. The molecule has 0 aliphatic carbocycles. The zero-order valence-electron chi connectivity index (χ0n) is 9.37. The van der Waals surface area contributed by atoms with Gasteiger partial charge in [-0.3, -0.25) is 4.79 Å². The van der Waals surface area contributed by atoms with Crippen molar-refractivity contribution >= 4 is 29.1 Å². The van der Waals surface area contributed by atoms with Crippen LogP contribution in [0.4, 0.5) is 0 Å². The lowest BCUT2D eigenvalue weighted by Gasteiger charge is -2.22. The van der Waals surface area contributed by atoms with E-state index >= 15 is 0 Å². The molecule has 1 amide bonds. The number of carbonyl (C=O) groups excluding carboxylic acids is 1. The fourth-order valence-electron chi connectivity index (χ4n) is 1.40. The van der Waals surface area contributed by atoms with Crippen LogP contribution in [0.25, 0.3) is 0 Å². The highest BCUT2D eigenvalue weighted by Crippen LogP contribution is 2.16. The van der Waals surface area contributed by atoms with Crippen LogP contribution in [-0.4, -0.2) is 23.2 Å². The van der Waals surface area contributed by atoms with Gasteiger partial charge in [0.15, 0.2) is 5.22 Å². The molecule has 3 nitrogen and oxygen atoms in total. The van der Waals surface area contributed by atoms with Gasteiger partial charge in [0, 0.05) is 6.54 Å². The summed E-state index contributed by atoms with van der Waals surface area (Å²) in [7, 11) is 0. The molecule has 90 valence electrons. The van der Waals surface area contributed by atoms with Crippen molar-refractivity contribution in [3.05, 3.63) is 23.1 Å². The number of halogens is 2. The van der Waals surface area contributed by atoms with E-state index in [0.29, 0.717) is 30.0 Å². The molecule has 0 aliphatic heterocycles. The van der Waals surface area contributed by atoms with Crippen molar-refractivity contribution in [2.75, 3.05) is 12.4 Å². The molecule has 5 heteroatoms. The van der Waals surface area contributed by atoms with Crippen LogP contribution < -0.4 is 0 Å². The Labute approximate surface area is 105 Å². The fourth-order valence-corrected chi connectivity index (χ4v) is 1.74. The molecule has 0 radical (unpaired) electrons. The Hall–Kier alpha value is -0.670. The van der Waals surface area contributed by atoms with Crippen molar-refractivity contribution in [3.8, 4) is 0 Å². The molecule has 0 bridgehead atoms. The Morgan fingerprint density at radius 3 is 2.62 bits per heavy atom. The van der Waals surface area contributed by atoms with Gasteiger partial charge < -0.3 is 9.32 Å². The first-order chi connectivity index (χ1) is 7.52. The van der Waals surface area contributed by atoms with Gasteiger partial charge in [-0.2, -0.15) is 0 Å². The van der Waals surface area contributed by atoms with Gasteiger partial charge in [-0.25, -0.2) is 0 Å². The van der Waals surface area contributed by atoms with Crippen molar-refractivity contribution in [3.63, 3.8) is 0 Å². The average molecular weight is 264 g/mol. The van der Waals surface area contributed by atoms with Crippen LogP contribution in [0.3, 0.4) is 0 Å². The molecule has 0 aliphatic rings. The number of nitrogens with zero attached hydrogens (tertiary/aromatic N) is 1. The molecule has 0 atom stereocenters. The summed E-state index contributed by atoms with van der Waals surface area (Å²) in [6.07, 6.45) is 0. The van der Waals surface area contributed by atoms with Crippen LogP contribution in [-0.2, 0) is 11.3 Å². The Bertz CT molecular complexity index is 350. The van der Waals surface area contributed by atoms with Gasteiger partial charge in [0.2, 0.25) is 5.91 Å². The van der Waals surface area contributed by atoms with Gasteiger partial charge in [-0.05, 0) is 29.7 Å². The Kier molecular flexibility index (Phi) is 5.16. The van der Waals surface area contributed by atoms with Crippen molar-refractivity contribution < 1.29 is 9.21 Å². The van der Waals surface area contributed by atoms with Gasteiger partial charge in [-0.15, -0.1) is 11.6 Å². The zero-order valence-corrected chi connectivity index (χ0v) is 10.9. The predicted octanol–water partition coefficient (Wildman–Crippen LogP) is 3.16. The molecular formula is C11H15Cl2NO2. The van der Waals surface area contributed by atoms with E-state index in [-0.39, 0.29) is 11.8 Å². The van der Waals surface area contributed by atoms with Crippen LogP contribution in [0.5, 0.6) is 0 Å². The summed E-state index contributed by atoms with van der Waals surface area (Å²) in [4.78, 5) is 13.3. The van der Waals surface area contributed by atoms with Crippen LogP contribution >= 0.6 is 23.2 Å². The second-order valence-corrected chi connectivity index (χ2v) is 4.65. The minimum Gasteiger partial charge on any atom is -0.448 e. The van der Waals surface area contributed by atoms with Gasteiger partial charge in [-0.1, -0.05) is 13.8 Å². The number of amides is 1. The second-order valence-electron chi connectivity index (χ2n) is 4.01. The number of rotatable bonds is 5. The lowest BCUT2D eigenvalue weighted by Crippen LogP contribution is -2.34. The first kappa shape index (κ1) is 13.4. The van der Waals surface area contributed by atoms with Gasteiger partial charge in [0.05, 0.1) is 6.54 Å². The van der Waals surface area contributed by atoms with Crippen LogP contribution in [0.1, 0.15) is 19.6 Å². The van der Waals surface area contributed by atoms with E-state index in [1.54, 1.807) is 17.0 Å². The summed E-state index contributed by atoms with van der Waals surface area (Å²) in [5.74, 6) is 0.950. The molecule has 0 spiro atoms. The van der Waals surface area contributed by atoms with Crippen molar-refractivity contribution in [1.29, 1.82) is 0 Å². The second kappa shape index (κ2) is 6.16. The minimum absolute atomic E-state index is 0.0127. The van der Waals surface area contributed by atoms with E-state index in [1.807, 2.05) is 13.8 Å². The van der Waals surface area contributed by atoms with Gasteiger partial charge in [0.1, 0.15) is 11.6 Å². The normalized spacial score (nSPS) is 10.8. The van der Waals surface area contributed by atoms with Crippen LogP contribution in [0.15, 0.2) is 16.5 Å². The van der Waals surface area contributed by atoms with E-state index in [4.69, 9.17) is 27.6 Å². The molecular weight excluding hydrogens is 249 g/mol. The minimum atomic E-state index is -0.0945. The third kappa shape index (κ3) is 4.06. The third-order valence-corrected chi connectivity index (χ3v) is 2.46. The smallest absolute Gasteiger partial charge is 0.237 e. The lowest BCUT2D eigenvalue weighted by molar-refractivity contribution is -0.129. The lowest BCUT2D eigenvalue weighted by atomic mass is 10.2. The van der Waals surface area contributed by atoms with Gasteiger partial charge in [0.25, 0.3) is 0 Å². The van der Waals surface area contributed by atoms with Crippen molar-refractivity contribution in [2.45, 2.75) is 20.4 Å². The molecule has 0 N–H and O–H groups in total. The Morgan fingerprint density at radius 2 is 2.19 bits per heavy atom. The topological polar surface area (TPSA) is 33.5 Å². The predicted molar refractivity (Wildman–Crippen MR) is 64.7 cm³/mol. The van der Waals surface area contributed by atoms with Gasteiger partial charge >= 0.3 is 0 Å². The summed E-state index contributed by atoms with van der Waals surface area (Å²) in [5.41, 5.74) is 0. The Morgan fingerprint density at radius 1 is 1.50 bits per heavy atom. The molecule has 1 aromatic rings. The molecule has 0 fully saturated rings. The third-order valence-electron chi connectivity index (χ3n) is 2.03. The standard InChI is InChI=1S/C11H15Cl2NO2/c1-8(2)6-14(11(15)5-12)7-9-3-4-10(13)16-9/h3-4,8H,5-7H2,1-2H3. The zero-order chi connectivity index (χ0) is 12.1. The average Bonchev–Trinajstić information content (AvgIpc) is 2.61. The molecule has 1 heterocycles. The summed E-state index contributed by atoms with van der Waals surface area (Å²) in [6.45, 7) is 5.16. The van der Waals surface area contributed by atoms with Crippen molar-refractivity contribution in [2.24, 2.45) is 5.92 Å². The highest BCUT2D eigenvalue weighted by molar-refractivity contribution is 6.28. The van der Waals surface area contributed by atoms with E-state index in [2.05, 4.69) is 0 Å². The maximum absolute atomic E-state index is 11.6. The molecule has 0 saturated carbocycles. The maximum atomic E-state index is 11.6. The van der Waals surface area contributed by atoms with E-state index in [0.717, 1.165) is 0 Å². The Balaban J connectivity index is 2.66. The number of hydrogen-bond acceptors (Lipinski definition) is 2. The highest BCUT2D eigenvalue weighted by atomic mass is 35.5. The van der Waals surface area contributed by atoms with Crippen LogP contribution in [0.2, 0.25) is 5.22 Å². The molecule has 0 saturated heterocycles. The quantitative estimate of drug-likeness (QED) is 0.765. The van der Waals surface area contributed by atoms with Crippen LogP contribution in [0, 0.1) is 5.92 Å². The van der Waals surface area contributed by atoms with E-state index in [9.17, 15) is 4.79 Å². The molecule has 0 unspecified atom stereocenters. The molecule has 16 heavy (non-hydrogen) atoms. The first-order valence-electron chi connectivity index (χ1n) is 5.11. The monoisotopic (exact) mass is 263 g/mol. The molecule has 1 aromatic heterocycles. The fraction of sp³-hybridized carbons (Fsp3) is 0.545. The number of hydrogen-bond donors (Lipinski definition) is 0. The van der Waals surface area contributed by atoms with E-state index in [1.165, 1.54) is 0 Å². The largest absolute Gasteiger partial charge is 0.448 e. The van der Waals surface area contributed by atoms with Crippen molar-refractivity contribution in [1.82, 2.24) is 4.90 Å². The summed E-state index contributed by atoms with van der Waals surface area (Å²) >= 11 is 11.2. The van der Waals surface area contributed by atoms with E-state index < -0.39 is 0 Å². The SMILES string of the molecule is CC(C)CN(Cc1ccc(Cl)o1)C(=O)CCl.